The van der Waals surface area contributed by atoms with Crippen molar-refractivity contribution in [2.75, 3.05) is 49.5 Å². The van der Waals surface area contributed by atoms with E-state index >= 15 is 0 Å². The van der Waals surface area contributed by atoms with Gasteiger partial charge in [0.15, 0.2) is 5.96 Å². The zero-order valence-electron chi connectivity index (χ0n) is 15.3. The molecule has 1 fully saturated rings. The van der Waals surface area contributed by atoms with Crippen LogP contribution in [0.1, 0.15) is 12.8 Å². The summed E-state index contributed by atoms with van der Waals surface area (Å²) in [4.78, 5) is 9.43. The van der Waals surface area contributed by atoms with Gasteiger partial charge in [-0.05, 0) is 43.7 Å². The van der Waals surface area contributed by atoms with Gasteiger partial charge in [-0.25, -0.2) is 0 Å². The molecule has 5 heteroatoms. The normalized spacial score (nSPS) is 15.8. The summed E-state index contributed by atoms with van der Waals surface area (Å²) >= 11 is 0. The Kier molecular flexibility index (Phi) is 6.90. The molecule has 0 atom stereocenters. The number of anilines is 2. The minimum Gasteiger partial charge on any atom is -0.370 e. The summed E-state index contributed by atoms with van der Waals surface area (Å²) in [6.07, 6.45) is 2.23. The lowest BCUT2D eigenvalue weighted by molar-refractivity contribution is 0.253. The summed E-state index contributed by atoms with van der Waals surface area (Å²) in [5.74, 6) is 0.493. The fraction of sp³-hybridized carbons (Fsp3) is 0.381. The highest BCUT2D eigenvalue weighted by Crippen LogP contribution is 2.15. The van der Waals surface area contributed by atoms with Crippen LogP contribution in [-0.2, 0) is 0 Å². The molecule has 1 aliphatic heterocycles. The van der Waals surface area contributed by atoms with E-state index in [0.29, 0.717) is 5.96 Å². The van der Waals surface area contributed by atoms with Crippen molar-refractivity contribution >= 4 is 17.3 Å². The van der Waals surface area contributed by atoms with Crippen LogP contribution in [0.25, 0.3) is 0 Å². The molecule has 1 aliphatic rings. The summed E-state index contributed by atoms with van der Waals surface area (Å²) in [6.45, 7) is 6.40. The lowest BCUT2D eigenvalue weighted by Gasteiger charge is -2.36. The van der Waals surface area contributed by atoms with Crippen LogP contribution in [0.2, 0.25) is 0 Å². The van der Waals surface area contributed by atoms with Gasteiger partial charge in [0.1, 0.15) is 0 Å². The number of rotatable bonds is 7. The third-order valence-corrected chi connectivity index (χ3v) is 4.70. The van der Waals surface area contributed by atoms with E-state index in [0.717, 1.165) is 57.8 Å². The number of nitrogens with two attached hydrogens (primary N) is 1. The van der Waals surface area contributed by atoms with Crippen LogP contribution < -0.4 is 16.0 Å². The lowest BCUT2D eigenvalue weighted by Crippen LogP contribution is -2.46. The number of aliphatic imine (C=N–C) groups is 1. The monoisotopic (exact) mass is 351 g/mol. The predicted octanol–water partition coefficient (Wildman–Crippen LogP) is 3.02. The van der Waals surface area contributed by atoms with Crippen LogP contribution in [0.5, 0.6) is 0 Å². The number of para-hydroxylation sites is 2. The largest absolute Gasteiger partial charge is 0.370 e. The molecule has 0 aliphatic carbocycles. The Balaban J connectivity index is 1.29. The standard InChI is InChI=1S/C21H29N5/c22-21(24-19-9-3-1-4-10-19)23-13-7-8-14-25-15-17-26(18-16-25)20-11-5-2-6-12-20/h1-6,9-12H,7-8,13-18H2,(H3,22,23,24). The first-order valence-corrected chi connectivity index (χ1v) is 9.45. The molecule has 2 aromatic carbocycles. The summed E-state index contributed by atoms with van der Waals surface area (Å²) in [5.41, 5.74) is 8.24. The second kappa shape index (κ2) is 9.82. The van der Waals surface area contributed by atoms with Crippen LogP contribution >= 0.6 is 0 Å². The molecule has 5 nitrogen and oxygen atoms in total. The number of unbranched alkanes of at least 4 members (excludes halogenated alkanes) is 1. The predicted molar refractivity (Wildman–Crippen MR) is 111 cm³/mol. The van der Waals surface area contributed by atoms with Gasteiger partial charge in [-0.1, -0.05) is 36.4 Å². The molecule has 138 valence electrons. The first-order chi connectivity index (χ1) is 12.8. The summed E-state index contributed by atoms with van der Waals surface area (Å²) in [5, 5.41) is 3.11. The number of piperazine rings is 1. The Bertz CT molecular complexity index is 663. The van der Waals surface area contributed by atoms with Crippen LogP contribution in [0.4, 0.5) is 11.4 Å². The number of guanidine groups is 1. The van der Waals surface area contributed by atoms with Crippen molar-refractivity contribution in [1.29, 1.82) is 0 Å². The molecular weight excluding hydrogens is 322 g/mol. The van der Waals surface area contributed by atoms with Crippen molar-refractivity contribution in [3.05, 3.63) is 60.7 Å². The molecule has 2 aromatic rings. The molecule has 0 radical (unpaired) electrons. The summed E-state index contributed by atoms with van der Waals surface area (Å²) < 4.78 is 0. The average molecular weight is 351 g/mol. The average Bonchev–Trinajstić information content (AvgIpc) is 2.70. The molecule has 26 heavy (non-hydrogen) atoms. The second-order valence-electron chi connectivity index (χ2n) is 6.63. The Morgan fingerprint density at radius 3 is 2.23 bits per heavy atom. The Morgan fingerprint density at radius 2 is 1.54 bits per heavy atom. The Morgan fingerprint density at radius 1 is 0.885 bits per heavy atom. The molecule has 0 aromatic heterocycles. The molecule has 0 saturated carbocycles. The van der Waals surface area contributed by atoms with Crippen molar-refractivity contribution in [1.82, 2.24) is 4.90 Å². The van der Waals surface area contributed by atoms with Crippen LogP contribution in [-0.4, -0.2) is 50.1 Å². The van der Waals surface area contributed by atoms with Crippen molar-refractivity contribution in [2.45, 2.75) is 12.8 Å². The van der Waals surface area contributed by atoms with Crippen LogP contribution in [0.3, 0.4) is 0 Å². The maximum absolute atomic E-state index is 5.92. The van der Waals surface area contributed by atoms with E-state index in [-0.39, 0.29) is 0 Å². The van der Waals surface area contributed by atoms with Gasteiger partial charge in [-0.3, -0.25) is 9.89 Å². The van der Waals surface area contributed by atoms with E-state index in [1.807, 2.05) is 30.3 Å². The number of nitrogens with zero attached hydrogens (tertiary/aromatic N) is 3. The van der Waals surface area contributed by atoms with Crippen molar-refractivity contribution < 1.29 is 0 Å². The molecular formula is C21H29N5. The zero-order chi connectivity index (χ0) is 18.0. The minimum atomic E-state index is 0.493. The van der Waals surface area contributed by atoms with Gasteiger partial charge < -0.3 is 16.0 Å². The maximum Gasteiger partial charge on any atom is 0.193 e. The molecule has 0 unspecified atom stereocenters. The van der Waals surface area contributed by atoms with Gasteiger partial charge in [0, 0.05) is 44.1 Å². The minimum absolute atomic E-state index is 0.493. The SMILES string of the molecule is NC(=NCCCCN1CCN(c2ccccc2)CC1)Nc1ccccc1. The molecule has 0 spiro atoms. The van der Waals surface area contributed by atoms with Crippen molar-refractivity contribution in [3.8, 4) is 0 Å². The van der Waals surface area contributed by atoms with E-state index in [2.05, 4.69) is 50.4 Å². The Labute approximate surface area is 156 Å². The molecule has 1 heterocycles. The number of benzene rings is 2. The third-order valence-electron chi connectivity index (χ3n) is 4.70. The van der Waals surface area contributed by atoms with Gasteiger partial charge in [0.2, 0.25) is 0 Å². The first kappa shape index (κ1) is 18.3. The quantitative estimate of drug-likeness (QED) is 0.457. The molecule has 3 N–H and O–H groups in total. The maximum atomic E-state index is 5.92. The molecule has 3 rings (SSSR count). The van der Waals surface area contributed by atoms with Crippen LogP contribution in [0.15, 0.2) is 65.7 Å². The van der Waals surface area contributed by atoms with Crippen molar-refractivity contribution in [2.24, 2.45) is 10.7 Å². The van der Waals surface area contributed by atoms with Gasteiger partial charge in [0.05, 0.1) is 0 Å². The molecule has 0 amide bonds. The van der Waals surface area contributed by atoms with Crippen LogP contribution in [0, 0.1) is 0 Å². The highest BCUT2D eigenvalue weighted by molar-refractivity contribution is 5.92. The summed E-state index contributed by atoms with van der Waals surface area (Å²) in [7, 11) is 0. The van der Waals surface area contributed by atoms with Crippen molar-refractivity contribution in [3.63, 3.8) is 0 Å². The smallest absolute Gasteiger partial charge is 0.193 e. The lowest BCUT2D eigenvalue weighted by atomic mass is 10.2. The van der Waals surface area contributed by atoms with Gasteiger partial charge in [-0.2, -0.15) is 0 Å². The second-order valence-corrected chi connectivity index (χ2v) is 6.63. The van der Waals surface area contributed by atoms with Gasteiger partial charge in [-0.15, -0.1) is 0 Å². The highest BCUT2D eigenvalue weighted by Gasteiger charge is 2.16. The third kappa shape index (κ3) is 5.77. The van der Waals surface area contributed by atoms with E-state index in [9.17, 15) is 0 Å². The van der Waals surface area contributed by atoms with E-state index in [1.54, 1.807) is 0 Å². The number of nitrogens with one attached hydrogen (secondary N) is 1. The fourth-order valence-corrected chi connectivity index (χ4v) is 3.22. The number of hydrogen-bond donors (Lipinski definition) is 2. The number of hydrogen-bond acceptors (Lipinski definition) is 3. The van der Waals surface area contributed by atoms with Gasteiger partial charge in [0.25, 0.3) is 0 Å². The van der Waals surface area contributed by atoms with E-state index < -0.39 is 0 Å². The fourth-order valence-electron chi connectivity index (χ4n) is 3.22. The molecule has 1 saturated heterocycles. The topological polar surface area (TPSA) is 56.9 Å². The Hall–Kier alpha value is -2.53. The van der Waals surface area contributed by atoms with E-state index in [4.69, 9.17) is 5.73 Å². The van der Waals surface area contributed by atoms with Gasteiger partial charge >= 0.3 is 0 Å². The first-order valence-electron chi connectivity index (χ1n) is 9.45. The molecule has 0 bridgehead atoms. The highest BCUT2D eigenvalue weighted by atomic mass is 15.3. The zero-order valence-corrected chi connectivity index (χ0v) is 15.3. The summed E-state index contributed by atoms with van der Waals surface area (Å²) in [6, 6.07) is 20.6. The van der Waals surface area contributed by atoms with E-state index in [1.165, 1.54) is 5.69 Å².